The molecule has 1 N–H and O–H groups in total. The van der Waals surface area contributed by atoms with E-state index in [4.69, 9.17) is 21.1 Å². The molecule has 0 heterocycles. The molecule has 0 aliphatic heterocycles. The highest BCUT2D eigenvalue weighted by Gasteiger charge is 2.22. The molecule has 0 aromatic heterocycles. The van der Waals surface area contributed by atoms with Crippen LogP contribution in [0.15, 0.2) is 42.5 Å². The minimum atomic E-state index is -0.994. The number of hydrogen-bond acceptors (Lipinski definition) is 5. The van der Waals surface area contributed by atoms with Gasteiger partial charge in [0.2, 0.25) is 5.78 Å². The van der Waals surface area contributed by atoms with Crippen molar-refractivity contribution in [3.63, 3.8) is 0 Å². The predicted octanol–water partition coefficient (Wildman–Crippen LogP) is 3.48. The zero-order valence-electron chi connectivity index (χ0n) is 12.6. The number of ether oxygens (including phenoxy) is 2. The second kappa shape index (κ2) is 7.15. The minimum absolute atomic E-state index is 0.0521. The topological polar surface area (TPSA) is 72.8 Å². The third-order valence-electron chi connectivity index (χ3n) is 3.21. The highest BCUT2D eigenvalue weighted by atomic mass is 35.5. The molecular formula is C17H15ClO5. The van der Waals surface area contributed by atoms with Gasteiger partial charge in [-0.05, 0) is 49.4 Å². The molecule has 0 aliphatic rings. The number of carbonyl (C=O) groups is 2. The summed E-state index contributed by atoms with van der Waals surface area (Å²) in [6, 6.07) is 10.5. The summed E-state index contributed by atoms with van der Waals surface area (Å²) in [5.74, 6) is -0.827. The summed E-state index contributed by atoms with van der Waals surface area (Å²) in [4.78, 5) is 24.3. The molecule has 2 aromatic carbocycles. The van der Waals surface area contributed by atoms with Gasteiger partial charge < -0.3 is 14.6 Å². The van der Waals surface area contributed by atoms with Crippen molar-refractivity contribution in [2.75, 3.05) is 7.11 Å². The molecule has 1 atom stereocenters. The number of ketones is 1. The maximum atomic E-state index is 12.2. The van der Waals surface area contributed by atoms with Gasteiger partial charge in [0, 0.05) is 10.6 Å². The number of Topliss-reactive ketones (excluding diaryl/α,β-unsaturated/α-hetero) is 1. The highest BCUT2D eigenvalue weighted by Crippen LogP contribution is 2.23. The number of benzene rings is 2. The van der Waals surface area contributed by atoms with Gasteiger partial charge in [0.05, 0.1) is 7.11 Å². The lowest BCUT2D eigenvalue weighted by molar-refractivity contribution is 0.0316. The summed E-state index contributed by atoms with van der Waals surface area (Å²) < 4.78 is 10.1. The molecule has 0 fully saturated rings. The van der Waals surface area contributed by atoms with Crippen molar-refractivity contribution in [2.45, 2.75) is 13.0 Å². The van der Waals surface area contributed by atoms with Crippen LogP contribution in [0.1, 0.15) is 27.6 Å². The van der Waals surface area contributed by atoms with E-state index in [1.807, 2.05) is 0 Å². The fourth-order valence-electron chi connectivity index (χ4n) is 1.94. The average Bonchev–Trinajstić information content (AvgIpc) is 2.54. The fraction of sp³-hybridized carbons (Fsp3) is 0.176. The lowest BCUT2D eigenvalue weighted by atomic mass is 10.1. The smallest absolute Gasteiger partial charge is 0.342 e. The Morgan fingerprint density at radius 2 is 1.78 bits per heavy atom. The molecule has 23 heavy (non-hydrogen) atoms. The van der Waals surface area contributed by atoms with Crippen LogP contribution in [-0.2, 0) is 4.74 Å². The van der Waals surface area contributed by atoms with Gasteiger partial charge >= 0.3 is 5.97 Å². The molecule has 6 heteroatoms. The van der Waals surface area contributed by atoms with Crippen molar-refractivity contribution in [1.29, 1.82) is 0 Å². The van der Waals surface area contributed by atoms with E-state index in [0.717, 1.165) is 0 Å². The van der Waals surface area contributed by atoms with E-state index < -0.39 is 12.1 Å². The number of carbonyl (C=O) groups excluding carboxylic acids is 2. The van der Waals surface area contributed by atoms with Gasteiger partial charge in [-0.3, -0.25) is 4.79 Å². The monoisotopic (exact) mass is 334 g/mol. The summed E-state index contributed by atoms with van der Waals surface area (Å²) >= 11 is 5.71. The molecule has 0 spiro atoms. The van der Waals surface area contributed by atoms with E-state index in [0.29, 0.717) is 16.3 Å². The molecular weight excluding hydrogens is 320 g/mol. The van der Waals surface area contributed by atoms with E-state index in [9.17, 15) is 14.7 Å². The van der Waals surface area contributed by atoms with E-state index in [1.54, 1.807) is 24.3 Å². The number of esters is 1. The van der Waals surface area contributed by atoms with Crippen LogP contribution in [0.4, 0.5) is 0 Å². The second-order valence-electron chi connectivity index (χ2n) is 4.80. The summed E-state index contributed by atoms with van der Waals surface area (Å²) in [5.41, 5.74) is 0.343. The van der Waals surface area contributed by atoms with Crippen molar-refractivity contribution >= 4 is 23.4 Å². The number of methoxy groups -OCH3 is 1. The van der Waals surface area contributed by atoms with Crippen LogP contribution in [0.2, 0.25) is 5.02 Å². The molecule has 120 valence electrons. The van der Waals surface area contributed by atoms with Gasteiger partial charge in [-0.15, -0.1) is 0 Å². The van der Waals surface area contributed by atoms with E-state index in [1.165, 1.54) is 32.2 Å². The summed E-state index contributed by atoms with van der Waals surface area (Å²) in [7, 11) is 1.53. The van der Waals surface area contributed by atoms with Gasteiger partial charge in [0.15, 0.2) is 6.10 Å². The Labute approximate surface area is 138 Å². The lowest BCUT2D eigenvalue weighted by Crippen LogP contribution is -2.24. The largest absolute Gasteiger partial charge is 0.507 e. The van der Waals surface area contributed by atoms with Gasteiger partial charge in [-0.2, -0.15) is 0 Å². The SMILES string of the molecule is COc1ccc(C(=O)[C@H](C)OC(=O)c2ccc(Cl)cc2O)cc1. The fourth-order valence-corrected chi connectivity index (χ4v) is 2.11. The summed E-state index contributed by atoms with van der Waals surface area (Å²) in [6.45, 7) is 1.47. The molecule has 2 aromatic rings. The normalized spacial score (nSPS) is 11.6. The van der Waals surface area contributed by atoms with Crippen LogP contribution in [0.5, 0.6) is 11.5 Å². The quantitative estimate of drug-likeness (QED) is 0.669. The van der Waals surface area contributed by atoms with E-state index in [-0.39, 0.29) is 17.1 Å². The standard InChI is InChI=1S/C17H15ClO5/c1-10(16(20)11-3-6-13(22-2)7-4-11)23-17(21)14-8-5-12(18)9-15(14)19/h3-10,19H,1-2H3/t10-/m0/s1. The number of halogens is 1. The van der Waals surface area contributed by atoms with Gasteiger partial charge in [-0.25, -0.2) is 4.79 Å². The van der Waals surface area contributed by atoms with E-state index >= 15 is 0 Å². The molecule has 0 amide bonds. The molecule has 5 nitrogen and oxygen atoms in total. The highest BCUT2D eigenvalue weighted by molar-refractivity contribution is 6.30. The van der Waals surface area contributed by atoms with Gasteiger partial charge in [0.25, 0.3) is 0 Å². The second-order valence-corrected chi connectivity index (χ2v) is 5.24. The first kappa shape index (κ1) is 16.8. The minimum Gasteiger partial charge on any atom is -0.507 e. The Morgan fingerprint density at radius 1 is 1.13 bits per heavy atom. The van der Waals surface area contributed by atoms with Crippen LogP contribution in [0.25, 0.3) is 0 Å². The van der Waals surface area contributed by atoms with Crippen LogP contribution in [0.3, 0.4) is 0 Å². The summed E-state index contributed by atoms with van der Waals surface area (Å²) in [5, 5.41) is 10.00. The van der Waals surface area contributed by atoms with Crippen molar-refractivity contribution < 1.29 is 24.2 Å². The van der Waals surface area contributed by atoms with Gasteiger partial charge in [-0.1, -0.05) is 11.6 Å². The van der Waals surface area contributed by atoms with Crippen molar-refractivity contribution in [3.8, 4) is 11.5 Å². The maximum absolute atomic E-state index is 12.2. The Morgan fingerprint density at radius 3 is 2.35 bits per heavy atom. The first-order valence-electron chi connectivity index (χ1n) is 6.80. The van der Waals surface area contributed by atoms with Crippen molar-refractivity contribution in [2.24, 2.45) is 0 Å². The Bertz CT molecular complexity index is 724. The molecule has 0 unspecified atom stereocenters. The third-order valence-corrected chi connectivity index (χ3v) is 3.44. The third kappa shape index (κ3) is 4.02. The number of aromatic hydroxyl groups is 1. The van der Waals surface area contributed by atoms with Gasteiger partial charge in [0.1, 0.15) is 17.1 Å². The number of rotatable bonds is 5. The van der Waals surface area contributed by atoms with Crippen molar-refractivity contribution in [3.05, 3.63) is 58.6 Å². The Balaban J connectivity index is 2.09. The number of hydrogen-bond donors (Lipinski definition) is 1. The number of phenolic OH excluding ortho intramolecular Hbond substituents is 1. The maximum Gasteiger partial charge on any atom is 0.342 e. The molecule has 0 aliphatic carbocycles. The summed E-state index contributed by atoms with van der Waals surface area (Å²) in [6.07, 6.45) is -0.994. The Hall–Kier alpha value is -2.53. The average molecular weight is 335 g/mol. The molecule has 0 saturated heterocycles. The number of phenols is 1. The van der Waals surface area contributed by atoms with Crippen LogP contribution < -0.4 is 4.74 Å². The van der Waals surface area contributed by atoms with E-state index in [2.05, 4.69) is 0 Å². The molecule has 0 bridgehead atoms. The first-order chi connectivity index (χ1) is 10.9. The predicted molar refractivity (Wildman–Crippen MR) is 85.3 cm³/mol. The van der Waals surface area contributed by atoms with Crippen molar-refractivity contribution in [1.82, 2.24) is 0 Å². The zero-order chi connectivity index (χ0) is 17.0. The Kier molecular flexibility index (Phi) is 5.24. The zero-order valence-corrected chi connectivity index (χ0v) is 13.3. The molecule has 2 rings (SSSR count). The van der Waals surface area contributed by atoms with Crippen LogP contribution in [-0.4, -0.2) is 30.1 Å². The van der Waals surface area contributed by atoms with Crippen LogP contribution >= 0.6 is 11.6 Å². The first-order valence-corrected chi connectivity index (χ1v) is 7.18. The van der Waals surface area contributed by atoms with Crippen LogP contribution in [0, 0.1) is 0 Å². The molecule has 0 saturated carbocycles. The lowest BCUT2D eigenvalue weighted by Gasteiger charge is -2.13. The molecule has 0 radical (unpaired) electrons.